The molecule has 0 saturated carbocycles. The van der Waals surface area contributed by atoms with Gasteiger partial charge in [-0.25, -0.2) is 4.39 Å². The van der Waals surface area contributed by atoms with Gasteiger partial charge in [0.25, 0.3) is 0 Å². The molecule has 0 bridgehead atoms. The highest BCUT2D eigenvalue weighted by atomic mass is 79.9. The first kappa shape index (κ1) is 15.0. The van der Waals surface area contributed by atoms with Crippen molar-refractivity contribution in [2.24, 2.45) is 0 Å². The van der Waals surface area contributed by atoms with E-state index in [0.717, 1.165) is 29.5 Å². The van der Waals surface area contributed by atoms with Crippen LogP contribution in [0.3, 0.4) is 0 Å². The van der Waals surface area contributed by atoms with Crippen LogP contribution in [0.4, 0.5) is 4.39 Å². The molecule has 1 aliphatic rings. The summed E-state index contributed by atoms with van der Waals surface area (Å²) < 4.78 is 15.3. The Labute approximate surface area is 137 Å². The van der Waals surface area contributed by atoms with Crippen LogP contribution >= 0.6 is 27.5 Å². The number of hydrogen-bond donors (Lipinski definition) is 1. The van der Waals surface area contributed by atoms with Crippen LogP contribution in [0, 0.1) is 5.82 Å². The van der Waals surface area contributed by atoms with Crippen LogP contribution in [0.2, 0.25) is 5.02 Å². The normalized spacial score (nSPS) is 22.2. The molecule has 2 unspecified atom stereocenters. The molecule has 1 heterocycles. The zero-order valence-electron chi connectivity index (χ0n) is 11.5. The molecule has 1 aliphatic heterocycles. The van der Waals surface area contributed by atoms with Crippen LogP contribution in [-0.2, 0) is 0 Å². The Balaban J connectivity index is 1.98. The number of benzene rings is 2. The molecule has 0 amide bonds. The Morgan fingerprint density at radius 2 is 1.86 bits per heavy atom. The van der Waals surface area contributed by atoms with E-state index in [4.69, 9.17) is 11.6 Å². The van der Waals surface area contributed by atoms with E-state index in [2.05, 4.69) is 33.4 Å². The Morgan fingerprint density at radius 1 is 1.10 bits per heavy atom. The van der Waals surface area contributed by atoms with Crippen molar-refractivity contribution in [1.29, 1.82) is 0 Å². The zero-order chi connectivity index (χ0) is 14.8. The van der Waals surface area contributed by atoms with Gasteiger partial charge in [-0.15, -0.1) is 0 Å². The van der Waals surface area contributed by atoms with Gasteiger partial charge in [-0.3, -0.25) is 0 Å². The lowest BCUT2D eigenvalue weighted by Gasteiger charge is -2.33. The van der Waals surface area contributed by atoms with E-state index in [0.29, 0.717) is 5.02 Å². The van der Waals surface area contributed by atoms with Gasteiger partial charge in [-0.2, -0.15) is 0 Å². The highest BCUT2D eigenvalue weighted by Crippen LogP contribution is 2.39. The Hall–Kier alpha value is -0.900. The molecule has 0 aromatic heterocycles. The highest BCUT2D eigenvalue weighted by molar-refractivity contribution is 9.10. The fraction of sp³-hybridized carbons (Fsp3) is 0.294. The molecule has 1 nitrogen and oxygen atoms in total. The first-order valence-electron chi connectivity index (χ1n) is 7.06. The zero-order valence-corrected chi connectivity index (χ0v) is 13.8. The Morgan fingerprint density at radius 3 is 2.62 bits per heavy atom. The van der Waals surface area contributed by atoms with E-state index in [9.17, 15) is 4.39 Å². The van der Waals surface area contributed by atoms with Crippen LogP contribution < -0.4 is 5.32 Å². The molecule has 1 N–H and O–H groups in total. The molecule has 21 heavy (non-hydrogen) atoms. The van der Waals surface area contributed by atoms with Gasteiger partial charge in [0, 0.05) is 22.0 Å². The second-order valence-electron chi connectivity index (χ2n) is 5.42. The predicted octanol–water partition coefficient (Wildman–Crippen LogP) is 5.10. The lowest BCUT2D eigenvalue weighted by atomic mass is 9.77. The molecular formula is C17H16BrClFN. The SMILES string of the molecule is Fc1ccc(Cl)cc1C1CCNCC1c1ccc(Br)cc1. The van der Waals surface area contributed by atoms with Gasteiger partial charge in [0.15, 0.2) is 0 Å². The van der Waals surface area contributed by atoms with Crippen LogP contribution in [0.25, 0.3) is 0 Å². The molecule has 3 rings (SSSR count). The van der Waals surface area contributed by atoms with Gasteiger partial charge < -0.3 is 5.32 Å². The van der Waals surface area contributed by atoms with Crippen LogP contribution in [0.5, 0.6) is 0 Å². The van der Waals surface area contributed by atoms with Crippen molar-refractivity contribution in [2.75, 3.05) is 13.1 Å². The van der Waals surface area contributed by atoms with Crippen LogP contribution in [0.1, 0.15) is 29.4 Å². The van der Waals surface area contributed by atoms with E-state index in [1.54, 1.807) is 12.1 Å². The maximum absolute atomic E-state index is 14.2. The molecule has 0 aliphatic carbocycles. The third-order valence-electron chi connectivity index (χ3n) is 4.14. The lowest BCUT2D eigenvalue weighted by molar-refractivity contribution is 0.393. The minimum absolute atomic E-state index is 0.158. The molecule has 2 aromatic rings. The summed E-state index contributed by atoms with van der Waals surface area (Å²) in [6.45, 7) is 1.77. The van der Waals surface area contributed by atoms with Crippen LogP contribution in [-0.4, -0.2) is 13.1 Å². The van der Waals surface area contributed by atoms with Gasteiger partial charge >= 0.3 is 0 Å². The average molecular weight is 369 g/mol. The molecule has 2 atom stereocenters. The summed E-state index contributed by atoms with van der Waals surface area (Å²) in [6, 6.07) is 13.1. The van der Waals surface area contributed by atoms with Gasteiger partial charge in [-0.05, 0) is 60.3 Å². The molecular weight excluding hydrogens is 353 g/mol. The first-order chi connectivity index (χ1) is 10.1. The Kier molecular flexibility index (Phi) is 4.63. The first-order valence-corrected chi connectivity index (χ1v) is 8.23. The third-order valence-corrected chi connectivity index (χ3v) is 4.90. The minimum atomic E-state index is -0.159. The van der Waals surface area contributed by atoms with Crippen molar-refractivity contribution in [3.05, 3.63) is 68.9 Å². The molecule has 4 heteroatoms. The lowest BCUT2D eigenvalue weighted by Crippen LogP contribution is -2.34. The van der Waals surface area contributed by atoms with E-state index in [1.165, 1.54) is 11.6 Å². The summed E-state index contributed by atoms with van der Waals surface area (Å²) >= 11 is 9.52. The maximum Gasteiger partial charge on any atom is 0.126 e. The molecule has 2 aromatic carbocycles. The Bertz CT molecular complexity index is 629. The quantitative estimate of drug-likeness (QED) is 0.777. The monoisotopic (exact) mass is 367 g/mol. The fourth-order valence-corrected chi connectivity index (χ4v) is 3.53. The third kappa shape index (κ3) is 3.31. The molecule has 1 fully saturated rings. The second-order valence-corrected chi connectivity index (χ2v) is 6.78. The molecule has 0 radical (unpaired) electrons. The number of rotatable bonds is 2. The molecule has 0 spiro atoms. The van der Waals surface area contributed by atoms with E-state index >= 15 is 0 Å². The van der Waals surface area contributed by atoms with Crippen molar-refractivity contribution in [3.63, 3.8) is 0 Å². The average Bonchev–Trinajstić information content (AvgIpc) is 2.51. The fourth-order valence-electron chi connectivity index (χ4n) is 3.09. The smallest absolute Gasteiger partial charge is 0.126 e. The minimum Gasteiger partial charge on any atom is -0.316 e. The highest BCUT2D eigenvalue weighted by Gasteiger charge is 2.29. The summed E-state index contributed by atoms with van der Waals surface area (Å²) in [5.41, 5.74) is 1.96. The second kappa shape index (κ2) is 6.47. The maximum atomic E-state index is 14.2. The number of nitrogens with one attached hydrogen (secondary N) is 1. The summed E-state index contributed by atoms with van der Waals surface area (Å²) in [5.74, 6) is 0.263. The number of halogens is 3. The van der Waals surface area contributed by atoms with Gasteiger partial charge in [-0.1, -0.05) is 39.7 Å². The molecule has 1 saturated heterocycles. The summed E-state index contributed by atoms with van der Waals surface area (Å²) in [7, 11) is 0. The van der Waals surface area contributed by atoms with E-state index in [1.807, 2.05) is 12.1 Å². The summed E-state index contributed by atoms with van der Waals surface area (Å²) in [4.78, 5) is 0. The molecule has 110 valence electrons. The van der Waals surface area contributed by atoms with Crippen molar-refractivity contribution in [1.82, 2.24) is 5.32 Å². The van der Waals surface area contributed by atoms with Crippen molar-refractivity contribution in [2.45, 2.75) is 18.3 Å². The van der Waals surface area contributed by atoms with Crippen molar-refractivity contribution in [3.8, 4) is 0 Å². The summed E-state index contributed by atoms with van der Waals surface area (Å²) in [5, 5.41) is 4.01. The topological polar surface area (TPSA) is 12.0 Å². The van der Waals surface area contributed by atoms with E-state index in [-0.39, 0.29) is 17.7 Å². The van der Waals surface area contributed by atoms with Gasteiger partial charge in [0.1, 0.15) is 5.82 Å². The van der Waals surface area contributed by atoms with E-state index < -0.39 is 0 Å². The van der Waals surface area contributed by atoms with Crippen LogP contribution in [0.15, 0.2) is 46.9 Å². The van der Waals surface area contributed by atoms with Crippen molar-refractivity contribution >= 4 is 27.5 Å². The van der Waals surface area contributed by atoms with Gasteiger partial charge in [0.2, 0.25) is 0 Å². The predicted molar refractivity (Wildman–Crippen MR) is 88.5 cm³/mol. The number of piperidine rings is 1. The van der Waals surface area contributed by atoms with Gasteiger partial charge in [0.05, 0.1) is 0 Å². The number of hydrogen-bond acceptors (Lipinski definition) is 1. The summed E-state index contributed by atoms with van der Waals surface area (Å²) in [6.07, 6.45) is 0.915. The largest absolute Gasteiger partial charge is 0.316 e. The van der Waals surface area contributed by atoms with Crippen molar-refractivity contribution < 1.29 is 4.39 Å². The standard InChI is InChI=1S/C17H16BrClFN/c18-12-3-1-11(2-4-12)16-10-21-8-7-14(16)15-9-13(19)5-6-17(15)20/h1-6,9,14,16,21H,7-8,10H2.